The number of aliphatic hydroxyl groups is 1. The monoisotopic (exact) mass is 456 g/mol. The molecule has 179 valence electrons. The lowest BCUT2D eigenvalue weighted by molar-refractivity contribution is -0.0325. The largest absolute Gasteiger partial charge is 0.392 e. The summed E-state index contributed by atoms with van der Waals surface area (Å²) in [7, 11) is 2.26. The Morgan fingerprint density at radius 1 is 1.18 bits per heavy atom. The maximum atomic E-state index is 11.6. The average Bonchev–Trinajstić information content (AvgIpc) is 3.09. The van der Waals surface area contributed by atoms with Crippen molar-refractivity contribution in [3.05, 3.63) is 70.3 Å². The minimum atomic E-state index is -0.384. The minimum absolute atomic E-state index is 0.00122. The Morgan fingerprint density at radius 3 is 2.82 bits per heavy atom. The fourth-order valence-corrected chi connectivity index (χ4v) is 7.80. The van der Waals surface area contributed by atoms with Gasteiger partial charge < -0.3 is 10.8 Å². The van der Waals surface area contributed by atoms with E-state index in [9.17, 15) is 9.90 Å². The average molecular weight is 456 g/mol. The van der Waals surface area contributed by atoms with Gasteiger partial charge in [0.1, 0.15) is 7.28 Å². The van der Waals surface area contributed by atoms with Crippen molar-refractivity contribution in [1.29, 1.82) is 0 Å². The Kier molecular flexibility index (Phi) is 6.63. The molecule has 3 nitrogen and oxygen atoms in total. The number of primary amides is 1. The van der Waals surface area contributed by atoms with E-state index in [4.69, 9.17) is 5.73 Å². The van der Waals surface area contributed by atoms with Crippen molar-refractivity contribution >= 4 is 13.2 Å². The summed E-state index contributed by atoms with van der Waals surface area (Å²) in [5.74, 6) is 1.74. The molecule has 0 spiro atoms. The van der Waals surface area contributed by atoms with Crippen LogP contribution in [0.5, 0.6) is 0 Å². The molecule has 0 saturated heterocycles. The van der Waals surface area contributed by atoms with Crippen LogP contribution in [0.25, 0.3) is 0 Å². The SMILES string of the molecule is C[B]CCCc1ccc2c(c1)CC[C@@H]1[C@@H]2CC[C@]2(C)[C@@H](O)[C@@H](Cc3cccc(C(N)=O)c3)C[C@@H]12. The van der Waals surface area contributed by atoms with Crippen LogP contribution in [0, 0.1) is 23.2 Å². The van der Waals surface area contributed by atoms with Crippen LogP contribution in [0.3, 0.4) is 0 Å². The van der Waals surface area contributed by atoms with Crippen LogP contribution < -0.4 is 5.73 Å². The zero-order chi connectivity index (χ0) is 23.9. The summed E-state index contributed by atoms with van der Waals surface area (Å²) in [6, 6.07) is 15.0. The van der Waals surface area contributed by atoms with Gasteiger partial charge >= 0.3 is 0 Å². The van der Waals surface area contributed by atoms with Crippen LogP contribution in [0.4, 0.5) is 0 Å². The Bertz CT molecular complexity index is 1050. The fraction of sp³-hybridized carbons (Fsp3) is 0.567. The van der Waals surface area contributed by atoms with Crippen molar-refractivity contribution < 1.29 is 9.90 Å². The highest BCUT2D eigenvalue weighted by molar-refractivity contribution is 6.33. The fourth-order valence-electron chi connectivity index (χ4n) is 7.80. The van der Waals surface area contributed by atoms with Crippen molar-refractivity contribution in [2.45, 2.75) is 83.5 Å². The Labute approximate surface area is 205 Å². The molecule has 2 fully saturated rings. The van der Waals surface area contributed by atoms with Crippen LogP contribution in [0.1, 0.15) is 77.6 Å². The highest BCUT2D eigenvalue weighted by Gasteiger charge is 2.57. The lowest BCUT2D eigenvalue weighted by atomic mass is 9.55. The van der Waals surface area contributed by atoms with E-state index < -0.39 is 0 Å². The van der Waals surface area contributed by atoms with Crippen LogP contribution in [-0.4, -0.2) is 24.4 Å². The van der Waals surface area contributed by atoms with Gasteiger partial charge in [-0.15, -0.1) is 0 Å². The molecule has 3 N–H and O–H groups in total. The second-order valence-corrected chi connectivity index (χ2v) is 11.5. The molecule has 2 saturated carbocycles. The van der Waals surface area contributed by atoms with E-state index in [0.29, 0.717) is 23.3 Å². The van der Waals surface area contributed by atoms with E-state index in [1.807, 2.05) is 12.1 Å². The number of amides is 1. The number of hydrogen-bond acceptors (Lipinski definition) is 2. The molecule has 3 aliphatic rings. The first-order chi connectivity index (χ1) is 16.4. The number of rotatable bonds is 7. The van der Waals surface area contributed by atoms with Crippen LogP contribution in [0.15, 0.2) is 42.5 Å². The van der Waals surface area contributed by atoms with Crippen LogP contribution in [0.2, 0.25) is 13.1 Å². The third-order valence-corrected chi connectivity index (χ3v) is 9.58. The smallest absolute Gasteiger partial charge is 0.248 e. The molecule has 0 unspecified atom stereocenters. The van der Waals surface area contributed by atoms with Gasteiger partial charge in [0.2, 0.25) is 5.91 Å². The van der Waals surface area contributed by atoms with Crippen LogP contribution >= 0.6 is 0 Å². The number of hydrogen-bond donors (Lipinski definition) is 2. The number of aryl methyl sites for hydroxylation is 2. The molecule has 0 bridgehead atoms. The summed E-state index contributed by atoms with van der Waals surface area (Å²) in [4.78, 5) is 11.6. The van der Waals surface area contributed by atoms with E-state index >= 15 is 0 Å². The topological polar surface area (TPSA) is 63.3 Å². The van der Waals surface area contributed by atoms with Gasteiger partial charge in [0.05, 0.1) is 6.10 Å². The van der Waals surface area contributed by atoms with Gasteiger partial charge in [-0.05, 0) is 108 Å². The van der Waals surface area contributed by atoms with E-state index in [2.05, 4.69) is 45.3 Å². The summed E-state index contributed by atoms with van der Waals surface area (Å²) < 4.78 is 0. The third kappa shape index (κ3) is 4.23. The molecule has 4 heteroatoms. The van der Waals surface area contributed by atoms with E-state index in [-0.39, 0.29) is 23.3 Å². The number of nitrogens with two attached hydrogens (primary N) is 1. The molecule has 1 amide bonds. The van der Waals surface area contributed by atoms with Gasteiger partial charge in [-0.25, -0.2) is 0 Å². The highest BCUT2D eigenvalue weighted by atomic mass is 16.3. The standard InChI is InChI=1S/C30H39BNO2/c1-30-13-12-25-24-10-8-19(6-4-14-31-2)15-21(24)9-11-26(25)27(30)18-23(28(30)33)17-20-5-3-7-22(16-20)29(32)34/h3,5,7-8,10,15-16,23,25-28,33H,4,6,9,11-14,17-18H2,1-2H3,(H2,32,34)/t23-,25+,26+,27-,28-,30-/m0/s1. The maximum Gasteiger partial charge on any atom is 0.248 e. The molecule has 2 aromatic rings. The maximum absolute atomic E-state index is 11.6. The van der Waals surface area contributed by atoms with Crippen molar-refractivity contribution in [3.63, 3.8) is 0 Å². The quantitative estimate of drug-likeness (QED) is 0.422. The first-order valence-electron chi connectivity index (χ1n) is 13.4. The zero-order valence-electron chi connectivity index (χ0n) is 20.8. The third-order valence-electron chi connectivity index (χ3n) is 9.58. The predicted molar refractivity (Wildman–Crippen MR) is 139 cm³/mol. The van der Waals surface area contributed by atoms with Crippen molar-refractivity contribution in [2.24, 2.45) is 28.9 Å². The van der Waals surface area contributed by atoms with Crippen molar-refractivity contribution in [2.75, 3.05) is 0 Å². The number of carbonyl (C=O) groups is 1. The van der Waals surface area contributed by atoms with Gasteiger partial charge in [0.25, 0.3) is 0 Å². The lowest BCUT2D eigenvalue weighted by Gasteiger charge is -2.50. The Balaban J connectivity index is 1.33. The molecular formula is C30H39BNO2. The molecule has 1 radical (unpaired) electrons. The van der Waals surface area contributed by atoms with Gasteiger partial charge in [0, 0.05) is 5.56 Å². The summed E-state index contributed by atoms with van der Waals surface area (Å²) in [5, 5.41) is 11.5. The molecule has 2 aromatic carbocycles. The summed E-state index contributed by atoms with van der Waals surface area (Å²) in [5.41, 5.74) is 11.8. The zero-order valence-corrected chi connectivity index (χ0v) is 20.8. The Morgan fingerprint density at radius 2 is 2.03 bits per heavy atom. The van der Waals surface area contributed by atoms with E-state index in [1.165, 1.54) is 44.0 Å². The van der Waals surface area contributed by atoms with Crippen LogP contribution in [-0.2, 0) is 19.3 Å². The second kappa shape index (κ2) is 9.53. The first kappa shape index (κ1) is 23.7. The molecule has 34 heavy (non-hydrogen) atoms. The van der Waals surface area contributed by atoms with E-state index in [0.717, 1.165) is 24.8 Å². The first-order valence-corrected chi connectivity index (χ1v) is 13.4. The molecule has 5 rings (SSSR count). The van der Waals surface area contributed by atoms with Gasteiger partial charge in [-0.1, -0.05) is 56.8 Å². The number of benzene rings is 2. The second-order valence-electron chi connectivity index (χ2n) is 11.5. The summed E-state index contributed by atoms with van der Waals surface area (Å²) >= 11 is 0. The molecular weight excluding hydrogens is 417 g/mol. The predicted octanol–water partition coefficient (Wildman–Crippen LogP) is 5.57. The molecule has 3 aliphatic carbocycles. The minimum Gasteiger partial charge on any atom is -0.392 e. The summed E-state index contributed by atoms with van der Waals surface area (Å²) in [6.45, 7) is 4.49. The van der Waals surface area contributed by atoms with Gasteiger partial charge in [-0.3, -0.25) is 4.79 Å². The molecule has 0 aromatic heterocycles. The lowest BCUT2D eigenvalue weighted by Crippen LogP contribution is -2.44. The molecule has 6 atom stereocenters. The Hall–Kier alpha value is -2.07. The molecule has 0 heterocycles. The van der Waals surface area contributed by atoms with Crippen molar-refractivity contribution in [1.82, 2.24) is 0 Å². The number of carbonyl (C=O) groups excluding carboxylic acids is 1. The van der Waals surface area contributed by atoms with E-state index in [1.54, 1.807) is 17.2 Å². The highest BCUT2D eigenvalue weighted by Crippen LogP contribution is 2.62. The normalized spacial score (nSPS) is 31.9. The summed E-state index contributed by atoms with van der Waals surface area (Å²) in [6.07, 6.45) is 9.95. The number of fused-ring (bicyclic) bond motifs is 5. The molecule has 0 aliphatic heterocycles. The van der Waals surface area contributed by atoms with Gasteiger partial charge in [-0.2, -0.15) is 0 Å². The van der Waals surface area contributed by atoms with Crippen molar-refractivity contribution in [3.8, 4) is 0 Å². The van der Waals surface area contributed by atoms with Gasteiger partial charge in [0.15, 0.2) is 0 Å². The number of aliphatic hydroxyl groups excluding tert-OH is 1.